The van der Waals surface area contributed by atoms with Crippen LogP contribution in [0, 0.1) is 0 Å². The largest absolute Gasteiger partial charge is 0.351 e. The van der Waals surface area contributed by atoms with Gasteiger partial charge in [0.05, 0.1) is 6.54 Å². The number of nitrogens with one attached hydrogen (secondary N) is 3. The number of sulfonamides is 1. The molecule has 1 aliphatic heterocycles. The van der Waals surface area contributed by atoms with Crippen molar-refractivity contribution < 1.29 is 13.2 Å². The summed E-state index contributed by atoms with van der Waals surface area (Å²) in [5, 5.41) is 7.83. The van der Waals surface area contributed by atoms with Gasteiger partial charge in [-0.3, -0.25) is 4.79 Å². The van der Waals surface area contributed by atoms with Gasteiger partial charge in [0.1, 0.15) is 4.21 Å². The molecule has 8 heteroatoms. The number of hydrogen-bond acceptors (Lipinski definition) is 5. The molecule has 1 aromatic rings. The third-order valence-electron chi connectivity index (χ3n) is 3.29. The third kappa shape index (κ3) is 4.02. The Morgan fingerprint density at radius 2 is 2.35 bits per heavy atom. The van der Waals surface area contributed by atoms with E-state index < -0.39 is 10.0 Å². The van der Waals surface area contributed by atoms with Gasteiger partial charge in [0, 0.05) is 12.1 Å². The maximum Gasteiger partial charge on any atom is 0.250 e. The molecule has 1 fully saturated rings. The van der Waals surface area contributed by atoms with Crippen LogP contribution in [0.15, 0.2) is 21.7 Å². The van der Waals surface area contributed by atoms with Gasteiger partial charge in [0.2, 0.25) is 5.91 Å². The molecule has 0 radical (unpaired) electrons. The van der Waals surface area contributed by atoms with Crippen molar-refractivity contribution in [3.63, 3.8) is 0 Å². The minimum Gasteiger partial charge on any atom is -0.351 e. The molecule has 0 saturated carbocycles. The molecule has 2 heterocycles. The zero-order valence-electron chi connectivity index (χ0n) is 11.3. The lowest BCUT2D eigenvalue weighted by atomic mass is 10.00. The SMILES string of the molecule is CC1NCCCC1NC(=O)CNS(=O)(=O)c1cccs1. The highest BCUT2D eigenvalue weighted by Gasteiger charge is 2.23. The Labute approximate surface area is 123 Å². The summed E-state index contributed by atoms with van der Waals surface area (Å²) in [6, 6.07) is 3.44. The fourth-order valence-corrected chi connectivity index (χ4v) is 4.17. The van der Waals surface area contributed by atoms with Crippen molar-refractivity contribution in [1.82, 2.24) is 15.4 Å². The normalized spacial score (nSPS) is 23.4. The first kappa shape index (κ1) is 15.4. The van der Waals surface area contributed by atoms with E-state index in [1.165, 1.54) is 6.07 Å². The molecule has 1 amide bonds. The van der Waals surface area contributed by atoms with Crippen molar-refractivity contribution in [2.24, 2.45) is 0 Å². The Kier molecular flexibility index (Phi) is 5.14. The Morgan fingerprint density at radius 1 is 1.55 bits per heavy atom. The molecule has 2 atom stereocenters. The van der Waals surface area contributed by atoms with Crippen molar-refractivity contribution in [2.75, 3.05) is 13.1 Å². The number of amides is 1. The topological polar surface area (TPSA) is 87.3 Å². The minimum atomic E-state index is -3.57. The van der Waals surface area contributed by atoms with Crippen molar-refractivity contribution in [3.8, 4) is 0 Å². The number of carbonyl (C=O) groups excluding carboxylic acids is 1. The molecular weight excluding hydrogens is 298 g/mol. The van der Waals surface area contributed by atoms with Crippen LogP contribution in [0.3, 0.4) is 0 Å². The molecule has 0 spiro atoms. The summed E-state index contributed by atoms with van der Waals surface area (Å²) in [5.74, 6) is -0.300. The maximum atomic E-state index is 11.9. The highest BCUT2D eigenvalue weighted by molar-refractivity contribution is 7.91. The highest BCUT2D eigenvalue weighted by atomic mass is 32.2. The molecule has 3 N–H and O–H groups in total. The van der Waals surface area contributed by atoms with Gasteiger partial charge in [-0.05, 0) is 37.8 Å². The molecule has 1 aromatic heterocycles. The molecule has 2 unspecified atom stereocenters. The van der Waals surface area contributed by atoms with Crippen molar-refractivity contribution >= 4 is 27.3 Å². The van der Waals surface area contributed by atoms with Gasteiger partial charge in [-0.15, -0.1) is 11.3 Å². The van der Waals surface area contributed by atoms with Gasteiger partial charge in [-0.1, -0.05) is 6.07 Å². The van der Waals surface area contributed by atoms with E-state index in [2.05, 4.69) is 15.4 Å². The summed E-state index contributed by atoms with van der Waals surface area (Å²) < 4.78 is 26.3. The third-order valence-corrected chi connectivity index (χ3v) is 6.09. The van der Waals surface area contributed by atoms with Crippen molar-refractivity contribution in [3.05, 3.63) is 17.5 Å². The van der Waals surface area contributed by atoms with Crippen LogP contribution >= 0.6 is 11.3 Å². The lowest BCUT2D eigenvalue weighted by molar-refractivity contribution is -0.121. The first-order valence-corrected chi connectivity index (χ1v) is 8.91. The zero-order valence-corrected chi connectivity index (χ0v) is 12.9. The molecule has 20 heavy (non-hydrogen) atoms. The number of piperidine rings is 1. The fourth-order valence-electron chi connectivity index (χ4n) is 2.15. The predicted octanol–water partition coefficient (Wildman–Crippen LogP) is 0.283. The first-order chi connectivity index (χ1) is 9.49. The van der Waals surface area contributed by atoms with Crippen LogP contribution in [0.4, 0.5) is 0 Å². The summed E-state index contributed by atoms with van der Waals surface area (Å²) in [6.45, 7) is 2.74. The van der Waals surface area contributed by atoms with E-state index in [0.717, 1.165) is 30.7 Å². The molecular formula is C12H19N3O3S2. The second kappa shape index (κ2) is 6.66. The van der Waals surface area contributed by atoms with E-state index in [9.17, 15) is 13.2 Å². The van der Waals surface area contributed by atoms with E-state index in [4.69, 9.17) is 0 Å². The molecule has 1 saturated heterocycles. The van der Waals surface area contributed by atoms with Crippen molar-refractivity contribution in [2.45, 2.75) is 36.1 Å². The summed E-state index contributed by atoms with van der Waals surface area (Å²) in [6.07, 6.45) is 1.92. The summed E-state index contributed by atoms with van der Waals surface area (Å²) in [4.78, 5) is 11.8. The van der Waals surface area contributed by atoms with Gasteiger partial charge in [0.25, 0.3) is 10.0 Å². The lowest BCUT2D eigenvalue weighted by Gasteiger charge is -2.30. The number of hydrogen-bond donors (Lipinski definition) is 3. The van der Waals surface area contributed by atoms with E-state index in [1.807, 2.05) is 6.92 Å². The predicted molar refractivity (Wildman–Crippen MR) is 78.1 cm³/mol. The van der Waals surface area contributed by atoms with Gasteiger partial charge in [0.15, 0.2) is 0 Å². The fraction of sp³-hybridized carbons (Fsp3) is 0.583. The molecule has 6 nitrogen and oxygen atoms in total. The second-order valence-corrected chi connectivity index (χ2v) is 7.76. The number of carbonyl (C=O) groups is 1. The maximum absolute atomic E-state index is 11.9. The van der Waals surface area contributed by atoms with E-state index >= 15 is 0 Å². The van der Waals surface area contributed by atoms with Crippen molar-refractivity contribution in [1.29, 1.82) is 0 Å². The Hall–Kier alpha value is -0.960. The van der Waals surface area contributed by atoms with Crippen LogP contribution in [0.25, 0.3) is 0 Å². The first-order valence-electron chi connectivity index (χ1n) is 6.55. The monoisotopic (exact) mass is 317 g/mol. The Morgan fingerprint density at radius 3 is 3.00 bits per heavy atom. The van der Waals surface area contributed by atoms with Crippen LogP contribution in [0.1, 0.15) is 19.8 Å². The van der Waals surface area contributed by atoms with Crippen LogP contribution in [-0.4, -0.2) is 39.5 Å². The van der Waals surface area contributed by atoms with Gasteiger partial charge in [-0.25, -0.2) is 13.1 Å². The summed E-state index contributed by atoms with van der Waals surface area (Å²) in [5.41, 5.74) is 0. The highest BCUT2D eigenvalue weighted by Crippen LogP contribution is 2.14. The van der Waals surface area contributed by atoms with Crippen LogP contribution in [-0.2, 0) is 14.8 Å². The molecule has 0 aliphatic carbocycles. The lowest BCUT2D eigenvalue weighted by Crippen LogP contribution is -2.53. The molecule has 1 aliphatic rings. The van der Waals surface area contributed by atoms with Crippen LogP contribution < -0.4 is 15.4 Å². The molecule has 0 bridgehead atoms. The van der Waals surface area contributed by atoms with E-state index in [1.54, 1.807) is 11.4 Å². The van der Waals surface area contributed by atoms with Gasteiger partial charge in [-0.2, -0.15) is 0 Å². The quantitative estimate of drug-likeness (QED) is 0.728. The number of thiophene rings is 1. The molecule has 2 rings (SSSR count). The Balaban J connectivity index is 1.83. The second-order valence-electron chi connectivity index (χ2n) is 4.82. The van der Waals surface area contributed by atoms with Gasteiger partial charge >= 0.3 is 0 Å². The minimum absolute atomic E-state index is 0.0579. The average molecular weight is 317 g/mol. The van der Waals surface area contributed by atoms with Gasteiger partial charge < -0.3 is 10.6 Å². The average Bonchev–Trinajstić information content (AvgIpc) is 2.94. The smallest absolute Gasteiger partial charge is 0.250 e. The van der Waals surface area contributed by atoms with E-state index in [-0.39, 0.29) is 28.7 Å². The van der Waals surface area contributed by atoms with E-state index in [0.29, 0.717) is 0 Å². The summed E-state index contributed by atoms with van der Waals surface area (Å²) >= 11 is 1.13. The molecule has 112 valence electrons. The standard InChI is InChI=1S/C12H19N3O3S2/c1-9-10(4-2-6-13-9)15-11(16)8-14-20(17,18)12-5-3-7-19-12/h3,5,7,9-10,13-14H,2,4,6,8H2,1H3,(H,15,16). The molecule has 0 aromatic carbocycles. The summed E-state index contributed by atoms with van der Waals surface area (Å²) in [7, 11) is -3.57. The zero-order chi connectivity index (χ0) is 14.6. The Bertz CT molecular complexity index is 542. The van der Waals surface area contributed by atoms with Crippen LogP contribution in [0.5, 0.6) is 0 Å². The van der Waals surface area contributed by atoms with Crippen LogP contribution in [0.2, 0.25) is 0 Å². The number of rotatable bonds is 5.